The highest BCUT2D eigenvalue weighted by molar-refractivity contribution is 5.02. The third-order valence-electron chi connectivity index (χ3n) is 3.71. The van der Waals surface area contributed by atoms with Crippen molar-refractivity contribution >= 4 is 0 Å². The van der Waals surface area contributed by atoms with Crippen molar-refractivity contribution < 1.29 is 4.84 Å². The van der Waals surface area contributed by atoms with Gasteiger partial charge in [-0.2, -0.15) is 0 Å². The van der Waals surface area contributed by atoms with Gasteiger partial charge in [-0.1, -0.05) is 56.9 Å². The Kier molecular flexibility index (Phi) is 18.9. The minimum atomic E-state index is 0.801. The maximum atomic E-state index is 5.40. The predicted molar refractivity (Wildman–Crippen MR) is 103 cm³/mol. The molecule has 0 saturated carbocycles. The first-order valence-corrected chi connectivity index (χ1v) is 9.58. The third kappa shape index (κ3) is 21.4. The Morgan fingerprint density at radius 3 is 2.13 bits per heavy atom. The first kappa shape index (κ1) is 22.4. The summed E-state index contributed by atoms with van der Waals surface area (Å²) < 4.78 is 0. The minimum absolute atomic E-state index is 0.801. The number of rotatable bonds is 17. The van der Waals surface area contributed by atoms with E-state index >= 15 is 0 Å². The van der Waals surface area contributed by atoms with Gasteiger partial charge in [-0.3, -0.25) is 0 Å². The standard InChI is InChI=1S/C20H40N2O/c1-4-5-6-7-8-9-10-11-12-13-14-15-16-18-21-23-20-17-19-22(2)3/h8-11,21H,4-7,12-20H2,1-3H3/b9-8+,11-10+. The molecule has 0 heterocycles. The van der Waals surface area contributed by atoms with Crippen LogP contribution < -0.4 is 5.48 Å². The molecule has 0 aliphatic heterocycles. The van der Waals surface area contributed by atoms with Gasteiger partial charge in [0.1, 0.15) is 0 Å². The molecule has 0 spiro atoms. The van der Waals surface area contributed by atoms with Crippen LogP contribution in [0.4, 0.5) is 0 Å². The number of nitrogens with one attached hydrogen (secondary N) is 1. The normalized spacial score (nSPS) is 12.2. The summed E-state index contributed by atoms with van der Waals surface area (Å²) in [7, 11) is 4.18. The van der Waals surface area contributed by atoms with Crippen LogP contribution in [-0.4, -0.2) is 38.7 Å². The van der Waals surface area contributed by atoms with Crippen molar-refractivity contribution in [2.45, 2.75) is 71.1 Å². The molecule has 0 saturated heterocycles. The minimum Gasteiger partial charge on any atom is -0.309 e. The van der Waals surface area contributed by atoms with E-state index in [2.05, 4.69) is 55.7 Å². The summed E-state index contributed by atoms with van der Waals surface area (Å²) >= 11 is 0. The monoisotopic (exact) mass is 324 g/mol. The molecule has 0 fully saturated rings. The molecule has 0 rings (SSSR count). The highest BCUT2D eigenvalue weighted by Gasteiger charge is 1.92. The van der Waals surface area contributed by atoms with Crippen LogP contribution in [0.2, 0.25) is 0 Å². The number of hydrogen-bond acceptors (Lipinski definition) is 3. The van der Waals surface area contributed by atoms with E-state index in [4.69, 9.17) is 4.84 Å². The van der Waals surface area contributed by atoms with Crippen molar-refractivity contribution in [3.8, 4) is 0 Å². The fraction of sp³-hybridized carbons (Fsp3) is 0.800. The van der Waals surface area contributed by atoms with Crippen molar-refractivity contribution in [2.24, 2.45) is 0 Å². The zero-order valence-corrected chi connectivity index (χ0v) is 15.9. The Balaban J connectivity index is 3.12. The molecule has 0 aromatic carbocycles. The van der Waals surface area contributed by atoms with Crippen LogP contribution in [0.15, 0.2) is 24.3 Å². The van der Waals surface area contributed by atoms with E-state index in [1.807, 2.05) is 0 Å². The fourth-order valence-corrected chi connectivity index (χ4v) is 2.27. The fourth-order valence-electron chi connectivity index (χ4n) is 2.27. The molecule has 3 heteroatoms. The highest BCUT2D eigenvalue weighted by Crippen LogP contribution is 2.04. The third-order valence-corrected chi connectivity index (χ3v) is 3.71. The second-order valence-corrected chi connectivity index (χ2v) is 6.45. The summed E-state index contributed by atoms with van der Waals surface area (Å²) in [5, 5.41) is 0. The summed E-state index contributed by atoms with van der Waals surface area (Å²) in [6.45, 7) is 5.11. The van der Waals surface area contributed by atoms with Crippen LogP contribution in [0, 0.1) is 0 Å². The second kappa shape index (κ2) is 19.4. The summed E-state index contributed by atoms with van der Waals surface area (Å²) in [5.74, 6) is 0. The number of nitrogens with zero attached hydrogens (tertiary/aromatic N) is 1. The van der Waals surface area contributed by atoms with Crippen molar-refractivity contribution in [3.63, 3.8) is 0 Å². The van der Waals surface area contributed by atoms with E-state index in [-0.39, 0.29) is 0 Å². The number of unbranched alkanes of at least 4 members (excludes halogenated alkanes) is 7. The summed E-state index contributed by atoms with van der Waals surface area (Å²) in [4.78, 5) is 7.58. The molecule has 0 aliphatic carbocycles. The molecule has 0 bridgehead atoms. The maximum Gasteiger partial charge on any atom is 0.0694 e. The summed E-state index contributed by atoms with van der Waals surface area (Å²) in [6, 6.07) is 0. The second-order valence-electron chi connectivity index (χ2n) is 6.45. The van der Waals surface area contributed by atoms with Crippen molar-refractivity contribution in [2.75, 3.05) is 33.8 Å². The smallest absolute Gasteiger partial charge is 0.0694 e. The first-order chi connectivity index (χ1) is 11.3. The van der Waals surface area contributed by atoms with E-state index in [1.165, 1.54) is 57.8 Å². The van der Waals surface area contributed by atoms with Crippen LogP contribution >= 0.6 is 0 Å². The SMILES string of the molecule is CCCCC/C=C/C=C/CCCCCCNOCCCN(C)C. The topological polar surface area (TPSA) is 24.5 Å². The molecule has 3 nitrogen and oxygen atoms in total. The summed E-state index contributed by atoms with van der Waals surface area (Å²) in [5.41, 5.74) is 3.06. The lowest BCUT2D eigenvalue weighted by Crippen LogP contribution is -2.20. The van der Waals surface area contributed by atoms with E-state index in [0.717, 1.165) is 26.1 Å². The van der Waals surface area contributed by atoms with E-state index < -0.39 is 0 Å². The van der Waals surface area contributed by atoms with Crippen molar-refractivity contribution in [3.05, 3.63) is 24.3 Å². The van der Waals surface area contributed by atoms with Crippen LogP contribution in [0.1, 0.15) is 71.1 Å². The molecule has 0 aromatic heterocycles. The number of hydrogen-bond donors (Lipinski definition) is 1. The van der Waals surface area contributed by atoms with Gasteiger partial charge in [0.05, 0.1) is 6.61 Å². The molecule has 0 atom stereocenters. The van der Waals surface area contributed by atoms with Crippen LogP contribution in [0.3, 0.4) is 0 Å². The molecule has 136 valence electrons. The molecular weight excluding hydrogens is 284 g/mol. The van der Waals surface area contributed by atoms with Gasteiger partial charge in [-0.15, -0.1) is 0 Å². The molecule has 23 heavy (non-hydrogen) atoms. The first-order valence-electron chi connectivity index (χ1n) is 9.58. The van der Waals surface area contributed by atoms with Gasteiger partial charge in [-0.05, 0) is 59.2 Å². The molecule has 0 aromatic rings. The Morgan fingerprint density at radius 1 is 0.826 bits per heavy atom. The predicted octanol–water partition coefficient (Wildman–Crippen LogP) is 5.10. The lowest BCUT2D eigenvalue weighted by molar-refractivity contribution is 0.0360. The number of allylic oxidation sites excluding steroid dienone is 4. The average molecular weight is 325 g/mol. The lowest BCUT2D eigenvalue weighted by Gasteiger charge is -2.09. The molecule has 1 N–H and O–H groups in total. The molecule has 0 amide bonds. The van der Waals surface area contributed by atoms with Crippen LogP contribution in [0.25, 0.3) is 0 Å². The lowest BCUT2D eigenvalue weighted by atomic mass is 10.1. The van der Waals surface area contributed by atoms with Gasteiger partial charge in [0.15, 0.2) is 0 Å². The van der Waals surface area contributed by atoms with Gasteiger partial charge in [-0.25, -0.2) is 5.48 Å². The average Bonchev–Trinajstić information content (AvgIpc) is 2.53. The van der Waals surface area contributed by atoms with Crippen molar-refractivity contribution in [1.29, 1.82) is 0 Å². The van der Waals surface area contributed by atoms with E-state index in [9.17, 15) is 0 Å². The van der Waals surface area contributed by atoms with E-state index in [0.29, 0.717) is 0 Å². The van der Waals surface area contributed by atoms with Gasteiger partial charge in [0.25, 0.3) is 0 Å². The molecular formula is C20H40N2O. The van der Waals surface area contributed by atoms with Crippen LogP contribution in [-0.2, 0) is 4.84 Å². The van der Waals surface area contributed by atoms with E-state index in [1.54, 1.807) is 0 Å². The Hall–Kier alpha value is -0.640. The van der Waals surface area contributed by atoms with Gasteiger partial charge < -0.3 is 9.74 Å². The van der Waals surface area contributed by atoms with Gasteiger partial charge in [0, 0.05) is 6.54 Å². The highest BCUT2D eigenvalue weighted by atomic mass is 16.6. The quantitative estimate of drug-likeness (QED) is 0.229. The number of hydroxylamine groups is 1. The Morgan fingerprint density at radius 2 is 1.48 bits per heavy atom. The zero-order valence-electron chi connectivity index (χ0n) is 15.9. The van der Waals surface area contributed by atoms with Crippen molar-refractivity contribution in [1.82, 2.24) is 10.4 Å². The molecule has 0 aliphatic rings. The molecule has 0 unspecified atom stereocenters. The van der Waals surface area contributed by atoms with Gasteiger partial charge >= 0.3 is 0 Å². The van der Waals surface area contributed by atoms with Gasteiger partial charge in [0.2, 0.25) is 0 Å². The summed E-state index contributed by atoms with van der Waals surface area (Å²) in [6.07, 6.45) is 21.6. The Bertz CT molecular complexity index is 275. The molecule has 0 radical (unpaired) electrons. The maximum absolute atomic E-state index is 5.40. The van der Waals surface area contributed by atoms with Crippen LogP contribution in [0.5, 0.6) is 0 Å². The largest absolute Gasteiger partial charge is 0.309 e. The zero-order chi connectivity index (χ0) is 17.0. The Labute approximate surface area is 145 Å².